The summed E-state index contributed by atoms with van der Waals surface area (Å²) in [5.41, 5.74) is 0.433. The number of hydrogen-bond donors (Lipinski definition) is 2. The molecule has 0 amide bonds. The molecular weight excluding hydrogens is 336 g/mol. The standard InChI is InChI=1S/C11H13ClF4N2O2S/c1-17-5-7-4-8(2-3-9(7)12)21(19,20)18-6-11(15,16)10(13)14/h2-4,10,17-18H,5-6H2,1H3. The third-order valence-corrected chi connectivity index (χ3v) is 4.28. The van der Waals surface area contributed by atoms with Gasteiger partial charge in [0.15, 0.2) is 0 Å². The van der Waals surface area contributed by atoms with E-state index >= 15 is 0 Å². The second kappa shape index (κ2) is 6.91. The zero-order valence-corrected chi connectivity index (χ0v) is 12.4. The van der Waals surface area contributed by atoms with E-state index in [9.17, 15) is 26.0 Å². The van der Waals surface area contributed by atoms with Crippen LogP contribution < -0.4 is 10.0 Å². The number of nitrogens with one attached hydrogen (secondary N) is 2. The number of rotatable bonds is 7. The Labute approximate surface area is 124 Å². The lowest BCUT2D eigenvalue weighted by atomic mass is 10.2. The van der Waals surface area contributed by atoms with Crippen molar-refractivity contribution in [3.8, 4) is 0 Å². The van der Waals surface area contributed by atoms with Gasteiger partial charge in [-0.1, -0.05) is 11.6 Å². The lowest BCUT2D eigenvalue weighted by Crippen LogP contribution is -2.41. The average molecular weight is 349 g/mol. The van der Waals surface area contributed by atoms with Crippen LogP contribution in [-0.2, 0) is 16.6 Å². The van der Waals surface area contributed by atoms with E-state index < -0.39 is 28.9 Å². The van der Waals surface area contributed by atoms with Crippen molar-refractivity contribution >= 4 is 21.6 Å². The first-order valence-corrected chi connectivity index (χ1v) is 7.55. The smallest absolute Gasteiger partial charge is 0.316 e. The molecule has 0 fully saturated rings. The number of sulfonamides is 1. The van der Waals surface area contributed by atoms with Gasteiger partial charge in [0.05, 0.1) is 11.4 Å². The zero-order chi connectivity index (χ0) is 16.3. The van der Waals surface area contributed by atoms with Crippen LogP contribution in [0.5, 0.6) is 0 Å². The van der Waals surface area contributed by atoms with E-state index in [1.807, 2.05) is 0 Å². The summed E-state index contributed by atoms with van der Waals surface area (Å²) in [7, 11) is -2.72. The van der Waals surface area contributed by atoms with Crippen molar-refractivity contribution < 1.29 is 26.0 Å². The molecule has 2 N–H and O–H groups in total. The first kappa shape index (κ1) is 18.1. The SMILES string of the molecule is CNCc1cc(S(=O)(=O)NCC(F)(F)C(F)F)ccc1Cl. The van der Waals surface area contributed by atoms with E-state index in [-0.39, 0.29) is 11.4 Å². The van der Waals surface area contributed by atoms with E-state index in [0.717, 1.165) is 6.07 Å². The lowest BCUT2D eigenvalue weighted by molar-refractivity contribution is -0.122. The molecule has 0 atom stereocenters. The van der Waals surface area contributed by atoms with Crippen LogP contribution >= 0.6 is 11.6 Å². The topological polar surface area (TPSA) is 58.2 Å². The normalized spacial score (nSPS) is 12.9. The molecule has 0 aliphatic carbocycles. The molecule has 0 heterocycles. The third-order valence-electron chi connectivity index (χ3n) is 2.51. The van der Waals surface area contributed by atoms with Gasteiger partial charge in [-0.3, -0.25) is 0 Å². The first-order chi connectivity index (χ1) is 9.60. The van der Waals surface area contributed by atoms with Crippen LogP contribution in [0.25, 0.3) is 0 Å². The monoisotopic (exact) mass is 348 g/mol. The quantitative estimate of drug-likeness (QED) is 0.743. The molecular formula is C11H13ClF4N2O2S. The number of halogens is 5. The second-order valence-corrected chi connectivity index (χ2v) is 6.34. The number of alkyl halides is 4. The molecule has 0 aliphatic rings. The Hall–Kier alpha value is -0.900. The summed E-state index contributed by atoms with van der Waals surface area (Å²) < 4.78 is 74.6. The molecule has 1 aromatic rings. The minimum Gasteiger partial charge on any atom is -0.316 e. The molecule has 0 saturated heterocycles. The molecule has 0 spiro atoms. The van der Waals surface area contributed by atoms with Gasteiger partial charge in [0.1, 0.15) is 0 Å². The summed E-state index contributed by atoms with van der Waals surface area (Å²) in [5.74, 6) is -4.44. The van der Waals surface area contributed by atoms with Gasteiger partial charge in [-0.25, -0.2) is 21.9 Å². The van der Waals surface area contributed by atoms with Crippen LogP contribution in [0.3, 0.4) is 0 Å². The predicted molar refractivity (Wildman–Crippen MR) is 70.4 cm³/mol. The predicted octanol–water partition coefficient (Wildman–Crippen LogP) is 2.24. The minimum atomic E-state index is -4.44. The van der Waals surface area contributed by atoms with Crippen LogP contribution in [-0.4, -0.2) is 34.4 Å². The summed E-state index contributed by atoms with van der Waals surface area (Å²) in [6.45, 7) is -1.42. The Morgan fingerprint density at radius 2 is 1.95 bits per heavy atom. The van der Waals surface area contributed by atoms with Crippen LogP contribution in [0.4, 0.5) is 17.6 Å². The maximum absolute atomic E-state index is 12.7. The van der Waals surface area contributed by atoms with Crippen LogP contribution in [0.1, 0.15) is 5.56 Å². The van der Waals surface area contributed by atoms with E-state index in [4.69, 9.17) is 11.6 Å². The largest absolute Gasteiger partial charge is 0.320 e. The van der Waals surface area contributed by atoms with E-state index in [2.05, 4.69) is 5.32 Å². The molecule has 0 unspecified atom stereocenters. The molecule has 0 aromatic heterocycles. The third kappa shape index (κ3) is 4.80. The second-order valence-electron chi connectivity index (χ2n) is 4.17. The molecule has 0 aliphatic heterocycles. The van der Waals surface area contributed by atoms with E-state index in [0.29, 0.717) is 10.6 Å². The summed E-state index contributed by atoms with van der Waals surface area (Å²) >= 11 is 5.84. The molecule has 0 radical (unpaired) electrons. The Bertz CT molecular complexity index is 596. The fourth-order valence-corrected chi connectivity index (χ4v) is 2.67. The first-order valence-electron chi connectivity index (χ1n) is 5.69. The highest BCUT2D eigenvalue weighted by Gasteiger charge is 2.41. The van der Waals surface area contributed by atoms with Crippen molar-refractivity contribution in [3.63, 3.8) is 0 Å². The van der Waals surface area contributed by atoms with Crippen molar-refractivity contribution in [2.45, 2.75) is 23.8 Å². The van der Waals surface area contributed by atoms with Crippen LogP contribution in [0, 0.1) is 0 Å². The van der Waals surface area contributed by atoms with Gasteiger partial charge in [0.2, 0.25) is 10.0 Å². The maximum Gasteiger partial charge on any atom is 0.320 e. The molecule has 0 bridgehead atoms. The van der Waals surface area contributed by atoms with Crippen molar-refractivity contribution in [1.82, 2.24) is 10.0 Å². The Morgan fingerprint density at radius 1 is 1.33 bits per heavy atom. The maximum atomic E-state index is 12.7. The lowest BCUT2D eigenvalue weighted by Gasteiger charge is -2.16. The highest BCUT2D eigenvalue weighted by Crippen LogP contribution is 2.24. The van der Waals surface area contributed by atoms with Crippen molar-refractivity contribution in [2.75, 3.05) is 13.6 Å². The number of hydrogen-bond acceptors (Lipinski definition) is 3. The molecule has 21 heavy (non-hydrogen) atoms. The Balaban J connectivity index is 2.96. The average Bonchev–Trinajstić information content (AvgIpc) is 2.39. The van der Waals surface area contributed by atoms with Gasteiger partial charge in [0, 0.05) is 11.6 Å². The highest BCUT2D eigenvalue weighted by atomic mass is 35.5. The highest BCUT2D eigenvalue weighted by molar-refractivity contribution is 7.89. The Morgan fingerprint density at radius 3 is 2.48 bits per heavy atom. The van der Waals surface area contributed by atoms with Crippen LogP contribution in [0.15, 0.2) is 23.1 Å². The molecule has 120 valence electrons. The van der Waals surface area contributed by atoms with E-state index in [1.54, 1.807) is 7.05 Å². The number of benzene rings is 1. The zero-order valence-electron chi connectivity index (χ0n) is 10.8. The van der Waals surface area contributed by atoms with Gasteiger partial charge >= 0.3 is 12.3 Å². The van der Waals surface area contributed by atoms with Crippen LogP contribution in [0.2, 0.25) is 5.02 Å². The molecule has 1 aromatic carbocycles. The van der Waals surface area contributed by atoms with E-state index in [1.165, 1.54) is 16.9 Å². The summed E-state index contributed by atoms with van der Waals surface area (Å²) in [6.07, 6.45) is -3.95. The minimum absolute atomic E-state index is 0.259. The summed E-state index contributed by atoms with van der Waals surface area (Å²) in [4.78, 5) is -0.331. The van der Waals surface area contributed by atoms with Crippen molar-refractivity contribution in [3.05, 3.63) is 28.8 Å². The van der Waals surface area contributed by atoms with Gasteiger partial charge in [-0.2, -0.15) is 8.78 Å². The summed E-state index contributed by atoms with van der Waals surface area (Å²) in [6, 6.07) is 3.57. The van der Waals surface area contributed by atoms with Gasteiger partial charge in [0.25, 0.3) is 0 Å². The molecule has 4 nitrogen and oxygen atoms in total. The van der Waals surface area contributed by atoms with Crippen molar-refractivity contribution in [1.29, 1.82) is 0 Å². The van der Waals surface area contributed by atoms with Gasteiger partial charge in [-0.05, 0) is 30.8 Å². The van der Waals surface area contributed by atoms with Crippen molar-refractivity contribution in [2.24, 2.45) is 0 Å². The molecule has 1 rings (SSSR count). The summed E-state index contributed by atoms with van der Waals surface area (Å²) in [5, 5.41) is 3.05. The van der Waals surface area contributed by atoms with Gasteiger partial charge < -0.3 is 5.32 Å². The fraction of sp³-hybridized carbons (Fsp3) is 0.455. The Kier molecular flexibility index (Phi) is 5.97. The van der Waals surface area contributed by atoms with Gasteiger partial charge in [-0.15, -0.1) is 0 Å². The molecule has 0 saturated carbocycles. The molecule has 10 heteroatoms. The fourth-order valence-electron chi connectivity index (χ4n) is 1.40.